The van der Waals surface area contributed by atoms with Crippen LogP contribution in [0, 0.1) is 11.8 Å². The standard InChI is InChI=1S/C38H54BrN3O7/c1-6-9-15-22-41(21-8-3)36(46)34-38-25-28(39)33(49-38)30(31(38)35(45)42(34)23-16-12-17-24-43)37(47)48-32(27-18-13-11-14-19-27)26(4)40(5)29(44)20-10-7-2/h7-8,11,13-14,18-19,26,28,30-34,43H,2-3,6,9-10,12,15-17,20-25H2,1,4-5H3/t26-,28?,30-,31+,32+,33-,34-,38+/m1/s1. The van der Waals surface area contributed by atoms with Crippen molar-refractivity contribution in [3.8, 4) is 0 Å². The Labute approximate surface area is 300 Å². The third-order valence-corrected chi connectivity index (χ3v) is 11.3. The van der Waals surface area contributed by atoms with Gasteiger partial charge in [0.25, 0.3) is 0 Å². The van der Waals surface area contributed by atoms with Crippen molar-refractivity contribution in [3.63, 3.8) is 0 Å². The number of aliphatic hydroxyl groups excluding tert-OH is 1. The predicted molar refractivity (Wildman–Crippen MR) is 192 cm³/mol. The molecule has 3 aliphatic rings. The van der Waals surface area contributed by atoms with Crippen molar-refractivity contribution >= 4 is 39.6 Å². The molecule has 1 aromatic rings. The maximum Gasteiger partial charge on any atom is 0.313 e. The van der Waals surface area contributed by atoms with Gasteiger partial charge in [-0.25, -0.2) is 0 Å². The van der Waals surface area contributed by atoms with Crippen LogP contribution in [0.4, 0.5) is 0 Å². The largest absolute Gasteiger partial charge is 0.455 e. The van der Waals surface area contributed by atoms with Gasteiger partial charge in [0.1, 0.15) is 17.7 Å². The molecule has 1 N–H and O–H groups in total. The molecular weight excluding hydrogens is 690 g/mol. The number of likely N-dealkylation sites (tertiary alicyclic amines) is 1. The summed E-state index contributed by atoms with van der Waals surface area (Å²) in [6, 6.07) is 7.89. The van der Waals surface area contributed by atoms with Crippen molar-refractivity contribution in [2.24, 2.45) is 11.8 Å². The Kier molecular flexibility index (Phi) is 14.1. The van der Waals surface area contributed by atoms with Crippen molar-refractivity contribution in [1.82, 2.24) is 14.7 Å². The van der Waals surface area contributed by atoms with Crippen LogP contribution >= 0.6 is 15.9 Å². The third kappa shape index (κ3) is 8.15. The molecule has 10 nitrogen and oxygen atoms in total. The van der Waals surface area contributed by atoms with E-state index in [0.717, 1.165) is 24.8 Å². The molecule has 2 bridgehead atoms. The first-order valence-electron chi connectivity index (χ1n) is 17.8. The van der Waals surface area contributed by atoms with E-state index in [2.05, 4.69) is 36.0 Å². The number of carbonyl (C=O) groups is 4. The molecule has 1 spiro atoms. The zero-order valence-corrected chi connectivity index (χ0v) is 30.9. The van der Waals surface area contributed by atoms with E-state index in [1.165, 1.54) is 0 Å². The van der Waals surface area contributed by atoms with E-state index in [9.17, 15) is 24.3 Å². The summed E-state index contributed by atoms with van der Waals surface area (Å²) in [4.78, 5) is 61.2. The molecule has 0 radical (unpaired) electrons. The number of allylic oxidation sites excluding steroid dienone is 1. The van der Waals surface area contributed by atoms with Crippen molar-refractivity contribution in [1.29, 1.82) is 0 Å². The van der Waals surface area contributed by atoms with Crippen LogP contribution in [0.1, 0.15) is 83.3 Å². The van der Waals surface area contributed by atoms with Crippen molar-refractivity contribution < 1.29 is 33.8 Å². The molecule has 8 atom stereocenters. The zero-order chi connectivity index (χ0) is 35.7. The lowest BCUT2D eigenvalue weighted by molar-refractivity contribution is -0.164. The maximum absolute atomic E-state index is 14.5. The van der Waals surface area contributed by atoms with Crippen molar-refractivity contribution in [2.75, 3.05) is 33.3 Å². The van der Waals surface area contributed by atoms with Gasteiger partial charge in [-0.2, -0.15) is 0 Å². The Balaban J connectivity index is 1.68. The lowest BCUT2D eigenvalue weighted by atomic mass is 9.70. The Hall–Kier alpha value is -3.02. The lowest BCUT2D eigenvalue weighted by Gasteiger charge is -2.37. The predicted octanol–water partition coefficient (Wildman–Crippen LogP) is 5.20. The van der Waals surface area contributed by atoms with Gasteiger partial charge >= 0.3 is 5.97 Å². The van der Waals surface area contributed by atoms with Crippen molar-refractivity contribution in [2.45, 2.75) is 106 Å². The van der Waals surface area contributed by atoms with Crippen LogP contribution < -0.4 is 0 Å². The average Bonchev–Trinajstić information content (AvgIpc) is 3.70. The summed E-state index contributed by atoms with van der Waals surface area (Å²) in [7, 11) is 1.70. The minimum absolute atomic E-state index is 0.0490. The molecule has 3 heterocycles. The summed E-state index contributed by atoms with van der Waals surface area (Å²) in [5, 5.41) is 9.37. The Morgan fingerprint density at radius 1 is 1.14 bits per heavy atom. The van der Waals surface area contributed by atoms with Gasteiger partial charge in [-0.15, -0.1) is 13.2 Å². The van der Waals surface area contributed by atoms with Crippen LogP contribution in [0.2, 0.25) is 0 Å². The van der Waals surface area contributed by atoms with E-state index in [4.69, 9.17) is 9.47 Å². The van der Waals surface area contributed by atoms with E-state index in [1.54, 1.807) is 33.9 Å². The van der Waals surface area contributed by atoms with Gasteiger partial charge in [0.05, 0.1) is 24.0 Å². The minimum Gasteiger partial charge on any atom is -0.455 e. The van der Waals surface area contributed by atoms with Gasteiger partial charge in [-0.1, -0.05) is 78.2 Å². The molecule has 11 heteroatoms. The number of aliphatic hydroxyl groups is 1. The number of hydrogen-bond acceptors (Lipinski definition) is 7. The number of unbranched alkanes of at least 4 members (excludes halogenated alkanes) is 4. The Morgan fingerprint density at radius 2 is 1.88 bits per heavy atom. The number of alkyl halides is 1. The molecule has 3 saturated heterocycles. The van der Waals surface area contributed by atoms with Gasteiger partial charge in [0.15, 0.2) is 0 Å². The van der Waals surface area contributed by atoms with Crippen LogP contribution in [-0.2, 0) is 28.7 Å². The molecule has 1 unspecified atom stereocenters. The summed E-state index contributed by atoms with van der Waals surface area (Å²) in [6.07, 6.45) is 7.83. The fourth-order valence-electron chi connectivity index (χ4n) is 7.79. The van der Waals surface area contributed by atoms with Crippen LogP contribution in [0.5, 0.6) is 0 Å². The molecule has 0 aliphatic carbocycles. The SMILES string of the molecule is C=CCCC(=O)N(C)[C@H](C)[C@H](OC(=O)[C@H]1[C@@H]2O[C@@]3(CC2Br)[C@@H]1C(=O)N(CCCCCO)[C@@H]3C(=O)N(CC=C)CCCCC)c1ccccc1. The highest BCUT2D eigenvalue weighted by Crippen LogP contribution is 2.60. The minimum atomic E-state index is -1.21. The lowest BCUT2D eigenvalue weighted by Crippen LogP contribution is -2.57. The molecule has 49 heavy (non-hydrogen) atoms. The fraction of sp³-hybridized carbons (Fsp3) is 0.632. The summed E-state index contributed by atoms with van der Waals surface area (Å²) in [5.41, 5.74) is -0.479. The number of amides is 3. The second kappa shape index (κ2) is 17.8. The molecule has 3 amide bonds. The third-order valence-electron chi connectivity index (χ3n) is 10.4. The van der Waals surface area contributed by atoms with Crippen LogP contribution in [0.3, 0.4) is 0 Å². The van der Waals surface area contributed by atoms with E-state index in [1.807, 2.05) is 37.3 Å². The highest BCUT2D eigenvalue weighted by atomic mass is 79.9. The number of halogens is 1. The molecule has 3 aliphatic heterocycles. The van der Waals surface area contributed by atoms with E-state index < -0.39 is 47.7 Å². The summed E-state index contributed by atoms with van der Waals surface area (Å²) < 4.78 is 13.1. The molecular formula is C38H54BrN3O7. The summed E-state index contributed by atoms with van der Waals surface area (Å²) >= 11 is 3.76. The van der Waals surface area contributed by atoms with Crippen LogP contribution in [0.25, 0.3) is 0 Å². The number of esters is 1. The Morgan fingerprint density at radius 3 is 2.53 bits per heavy atom. The number of rotatable bonds is 20. The Bertz CT molecular complexity index is 1330. The van der Waals surface area contributed by atoms with Gasteiger partial charge in [0, 0.05) is 44.5 Å². The number of hydrogen-bond donors (Lipinski definition) is 1. The van der Waals surface area contributed by atoms with Gasteiger partial charge in [-0.3, -0.25) is 19.2 Å². The quantitative estimate of drug-likeness (QED) is 0.0845. The number of likely N-dealkylation sites (N-methyl/N-ethyl adjacent to an activating group) is 1. The van der Waals surface area contributed by atoms with Gasteiger partial charge < -0.3 is 29.3 Å². The van der Waals surface area contributed by atoms with Gasteiger partial charge in [0.2, 0.25) is 17.7 Å². The molecule has 0 saturated carbocycles. The topological polar surface area (TPSA) is 117 Å². The first-order valence-corrected chi connectivity index (χ1v) is 18.7. The van der Waals surface area contributed by atoms with Crippen molar-refractivity contribution in [3.05, 3.63) is 61.2 Å². The molecule has 270 valence electrons. The smallest absolute Gasteiger partial charge is 0.313 e. The van der Waals surface area contributed by atoms with Crippen LogP contribution in [0.15, 0.2) is 55.6 Å². The number of ether oxygens (including phenoxy) is 2. The number of carbonyl (C=O) groups excluding carboxylic acids is 4. The summed E-state index contributed by atoms with van der Waals surface area (Å²) in [5.74, 6) is -3.00. The number of nitrogens with zero attached hydrogens (tertiary/aromatic N) is 3. The zero-order valence-electron chi connectivity index (χ0n) is 29.3. The monoisotopic (exact) mass is 743 g/mol. The van der Waals surface area contributed by atoms with E-state index in [-0.39, 0.29) is 35.6 Å². The van der Waals surface area contributed by atoms with Crippen LogP contribution in [-0.4, -0.2) is 105 Å². The normalized spacial score (nSPS) is 26.6. The summed E-state index contributed by atoms with van der Waals surface area (Å²) in [6.45, 7) is 12.8. The van der Waals surface area contributed by atoms with E-state index >= 15 is 0 Å². The second-order valence-corrected chi connectivity index (χ2v) is 14.8. The molecule has 4 rings (SSSR count). The van der Waals surface area contributed by atoms with Gasteiger partial charge in [-0.05, 0) is 51.0 Å². The first kappa shape index (κ1) is 38.8. The first-order chi connectivity index (χ1) is 23.6. The fourth-order valence-corrected chi connectivity index (χ4v) is 8.73. The molecule has 1 aromatic carbocycles. The van der Waals surface area contributed by atoms with E-state index in [0.29, 0.717) is 51.7 Å². The highest BCUT2D eigenvalue weighted by molar-refractivity contribution is 9.09. The second-order valence-electron chi connectivity index (χ2n) is 13.6. The number of benzene rings is 1. The molecule has 3 fully saturated rings. The molecule has 0 aromatic heterocycles. The average molecular weight is 745 g/mol. The number of fused-ring (bicyclic) bond motifs is 1. The highest BCUT2D eigenvalue weighted by Gasteiger charge is 2.77. The maximum atomic E-state index is 14.5.